The first-order chi connectivity index (χ1) is 8.27. The Morgan fingerprint density at radius 3 is 2.88 bits per heavy atom. The van der Waals surface area contributed by atoms with Crippen LogP contribution < -0.4 is 19.5 Å². The number of nitrogens with one attached hydrogen (secondary N) is 1. The molecule has 1 N–H and O–H groups in total. The molecular weight excluding hydrogens is 222 g/mol. The minimum Gasteiger partial charge on any atom is -0.496 e. The van der Waals surface area contributed by atoms with Crippen molar-refractivity contribution in [3.05, 3.63) is 17.7 Å². The largest absolute Gasteiger partial charge is 0.496 e. The summed E-state index contributed by atoms with van der Waals surface area (Å²) >= 11 is 0. The van der Waals surface area contributed by atoms with Gasteiger partial charge in [0, 0.05) is 0 Å². The minimum absolute atomic E-state index is 0.0771. The predicted octanol–water partition coefficient (Wildman–Crippen LogP) is 0.869. The zero-order valence-corrected chi connectivity index (χ0v) is 9.91. The van der Waals surface area contributed by atoms with Crippen molar-refractivity contribution >= 4 is 5.78 Å². The van der Waals surface area contributed by atoms with Gasteiger partial charge >= 0.3 is 0 Å². The summed E-state index contributed by atoms with van der Waals surface area (Å²) in [6, 6.07) is 3.47. The zero-order valence-electron chi connectivity index (χ0n) is 9.91. The Morgan fingerprint density at radius 2 is 2.18 bits per heavy atom. The summed E-state index contributed by atoms with van der Waals surface area (Å²) in [5, 5.41) is 2.82. The molecule has 0 aliphatic carbocycles. The Hall–Kier alpha value is -1.75. The fraction of sp³-hybridized carbons (Fsp3) is 0.417. The topological polar surface area (TPSA) is 56.8 Å². The highest BCUT2D eigenvalue weighted by Crippen LogP contribution is 2.39. The second-order valence-electron chi connectivity index (χ2n) is 3.62. The van der Waals surface area contributed by atoms with E-state index in [0.29, 0.717) is 36.0 Å². The van der Waals surface area contributed by atoms with Gasteiger partial charge in [0.25, 0.3) is 0 Å². The maximum atomic E-state index is 12.0. The molecule has 1 aromatic carbocycles. The lowest BCUT2D eigenvalue weighted by Crippen LogP contribution is -2.23. The molecule has 1 aromatic rings. The Kier molecular flexibility index (Phi) is 3.49. The van der Waals surface area contributed by atoms with E-state index in [4.69, 9.17) is 14.2 Å². The van der Waals surface area contributed by atoms with Gasteiger partial charge in [-0.3, -0.25) is 4.79 Å². The van der Waals surface area contributed by atoms with E-state index in [0.717, 1.165) is 0 Å². The maximum absolute atomic E-state index is 12.0. The van der Waals surface area contributed by atoms with E-state index >= 15 is 0 Å². The maximum Gasteiger partial charge on any atom is 0.184 e. The van der Waals surface area contributed by atoms with Crippen LogP contribution in [-0.2, 0) is 0 Å². The van der Waals surface area contributed by atoms with Crippen LogP contribution in [0.1, 0.15) is 10.4 Å². The first-order valence-electron chi connectivity index (χ1n) is 5.42. The number of carbonyl (C=O) groups is 1. The van der Waals surface area contributed by atoms with Crippen LogP contribution in [0.4, 0.5) is 0 Å². The van der Waals surface area contributed by atoms with Gasteiger partial charge in [0.2, 0.25) is 0 Å². The summed E-state index contributed by atoms with van der Waals surface area (Å²) in [5.41, 5.74) is 0.444. The van der Waals surface area contributed by atoms with Crippen molar-refractivity contribution in [2.45, 2.75) is 0 Å². The highest BCUT2D eigenvalue weighted by Gasteiger charge is 2.24. The fourth-order valence-corrected chi connectivity index (χ4v) is 1.78. The fourth-order valence-electron chi connectivity index (χ4n) is 1.78. The first-order valence-corrected chi connectivity index (χ1v) is 5.42. The molecule has 0 unspecified atom stereocenters. The van der Waals surface area contributed by atoms with Gasteiger partial charge in [-0.25, -0.2) is 0 Å². The molecule has 0 radical (unpaired) electrons. The van der Waals surface area contributed by atoms with Crippen molar-refractivity contribution in [1.29, 1.82) is 0 Å². The van der Waals surface area contributed by atoms with Gasteiger partial charge in [0.05, 0.1) is 13.7 Å². The Labute approximate surface area is 99.7 Å². The number of ether oxygens (including phenoxy) is 3. The molecule has 17 heavy (non-hydrogen) atoms. The number of Topliss-reactive ketones (excluding diaryl/α,β-unsaturated/α-hetero) is 1. The number of hydrogen-bond donors (Lipinski definition) is 1. The molecule has 0 spiro atoms. The van der Waals surface area contributed by atoms with Crippen molar-refractivity contribution in [2.24, 2.45) is 0 Å². The third kappa shape index (κ3) is 2.19. The lowest BCUT2D eigenvalue weighted by molar-refractivity contribution is 0.0978. The third-order valence-corrected chi connectivity index (χ3v) is 2.51. The molecule has 2 rings (SSSR count). The first kappa shape index (κ1) is 11.7. The molecule has 1 aliphatic heterocycles. The average Bonchev–Trinajstić information content (AvgIpc) is 2.37. The normalized spacial score (nSPS) is 13.3. The molecular formula is C12H15NO4. The summed E-state index contributed by atoms with van der Waals surface area (Å²) in [7, 11) is 3.25. The van der Waals surface area contributed by atoms with Crippen molar-refractivity contribution in [1.82, 2.24) is 5.32 Å². The number of rotatable bonds is 4. The standard InChI is InChI=1S/C12H15NO4/c1-13-7-8(14)11-9(15-2)3-4-10-12(11)17-6-5-16-10/h3-4,13H,5-7H2,1-2H3. The summed E-state index contributed by atoms with van der Waals surface area (Å²) < 4.78 is 16.1. The number of ketones is 1. The molecule has 0 saturated heterocycles. The summed E-state index contributed by atoms with van der Waals surface area (Å²) in [5.74, 6) is 1.51. The summed E-state index contributed by atoms with van der Waals surface area (Å²) in [6.45, 7) is 1.18. The molecule has 0 aromatic heterocycles. The highest BCUT2D eigenvalue weighted by atomic mass is 16.6. The van der Waals surface area contributed by atoms with Gasteiger partial charge in [0.15, 0.2) is 17.3 Å². The van der Waals surface area contributed by atoms with E-state index in [1.54, 1.807) is 19.2 Å². The molecule has 0 amide bonds. The Bertz CT molecular complexity index is 431. The number of methoxy groups -OCH3 is 1. The molecule has 0 atom stereocenters. The van der Waals surface area contributed by atoms with E-state index in [1.165, 1.54) is 7.11 Å². The summed E-state index contributed by atoms with van der Waals surface area (Å²) in [4.78, 5) is 12.0. The van der Waals surface area contributed by atoms with Crippen LogP contribution in [0, 0.1) is 0 Å². The van der Waals surface area contributed by atoms with Crippen molar-refractivity contribution in [3.63, 3.8) is 0 Å². The van der Waals surface area contributed by atoms with Crippen LogP contribution in [0.25, 0.3) is 0 Å². The SMILES string of the molecule is CNCC(=O)c1c(OC)ccc2c1OCCO2. The smallest absolute Gasteiger partial charge is 0.184 e. The van der Waals surface area contributed by atoms with Crippen LogP contribution >= 0.6 is 0 Å². The number of fused-ring (bicyclic) bond motifs is 1. The van der Waals surface area contributed by atoms with Crippen LogP contribution in [0.2, 0.25) is 0 Å². The van der Waals surface area contributed by atoms with Crippen LogP contribution in [0.15, 0.2) is 12.1 Å². The molecule has 0 bridgehead atoms. The quantitative estimate of drug-likeness (QED) is 0.787. The van der Waals surface area contributed by atoms with Crippen molar-refractivity contribution in [2.75, 3.05) is 33.9 Å². The molecule has 1 aliphatic rings. The van der Waals surface area contributed by atoms with Gasteiger partial charge in [0.1, 0.15) is 24.5 Å². The Morgan fingerprint density at radius 1 is 1.41 bits per heavy atom. The van der Waals surface area contributed by atoms with Crippen molar-refractivity contribution in [3.8, 4) is 17.2 Å². The number of carbonyl (C=O) groups excluding carboxylic acids is 1. The average molecular weight is 237 g/mol. The van der Waals surface area contributed by atoms with E-state index in [2.05, 4.69) is 5.32 Å². The lowest BCUT2D eigenvalue weighted by atomic mass is 10.1. The second kappa shape index (κ2) is 5.05. The van der Waals surface area contributed by atoms with Gasteiger partial charge in [-0.2, -0.15) is 0 Å². The van der Waals surface area contributed by atoms with Gasteiger partial charge in [-0.15, -0.1) is 0 Å². The van der Waals surface area contributed by atoms with E-state index in [1.807, 2.05) is 0 Å². The Balaban J connectivity index is 2.48. The van der Waals surface area contributed by atoms with E-state index in [9.17, 15) is 4.79 Å². The molecule has 5 heteroatoms. The molecule has 0 saturated carbocycles. The summed E-state index contributed by atoms with van der Waals surface area (Å²) in [6.07, 6.45) is 0. The predicted molar refractivity (Wildman–Crippen MR) is 62.2 cm³/mol. The zero-order chi connectivity index (χ0) is 12.3. The van der Waals surface area contributed by atoms with Gasteiger partial charge < -0.3 is 19.5 Å². The molecule has 92 valence electrons. The van der Waals surface area contributed by atoms with Crippen LogP contribution in [0.3, 0.4) is 0 Å². The highest BCUT2D eigenvalue weighted by molar-refractivity contribution is 6.03. The minimum atomic E-state index is -0.0771. The van der Waals surface area contributed by atoms with Crippen LogP contribution in [-0.4, -0.2) is 39.7 Å². The van der Waals surface area contributed by atoms with Crippen molar-refractivity contribution < 1.29 is 19.0 Å². The molecule has 5 nitrogen and oxygen atoms in total. The molecule has 1 heterocycles. The molecule has 0 fully saturated rings. The number of likely N-dealkylation sites (N-methyl/N-ethyl adjacent to an activating group) is 1. The van der Waals surface area contributed by atoms with E-state index < -0.39 is 0 Å². The number of benzene rings is 1. The number of hydrogen-bond acceptors (Lipinski definition) is 5. The second-order valence-corrected chi connectivity index (χ2v) is 3.62. The van der Waals surface area contributed by atoms with Gasteiger partial charge in [-0.1, -0.05) is 0 Å². The van der Waals surface area contributed by atoms with E-state index in [-0.39, 0.29) is 12.3 Å². The lowest BCUT2D eigenvalue weighted by Gasteiger charge is -2.22. The monoisotopic (exact) mass is 237 g/mol. The van der Waals surface area contributed by atoms with Crippen LogP contribution in [0.5, 0.6) is 17.2 Å². The third-order valence-electron chi connectivity index (χ3n) is 2.51. The van der Waals surface area contributed by atoms with Gasteiger partial charge in [-0.05, 0) is 19.2 Å².